The van der Waals surface area contributed by atoms with E-state index in [1.807, 2.05) is 54.6 Å². The summed E-state index contributed by atoms with van der Waals surface area (Å²) in [5.41, 5.74) is 0. The van der Waals surface area contributed by atoms with Gasteiger partial charge in [-0.2, -0.15) is 0 Å². The quantitative estimate of drug-likeness (QED) is 0.314. The van der Waals surface area contributed by atoms with E-state index in [-0.39, 0.29) is 0 Å². The summed E-state index contributed by atoms with van der Waals surface area (Å²) in [6, 6.07) is 30.6. The molecule has 0 heterocycles. The van der Waals surface area contributed by atoms with Gasteiger partial charge in [0.1, 0.15) is 0 Å². The van der Waals surface area contributed by atoms with Crippen molar-refractivity contribution in [2.45, 2.75) is 10.2 Å². The normalized spacial score (nSPS) is 13.8. The van der Waals surface area contributed by atoms with Crippen molar-refractivity contribution in [3.05, 3.63) is 91.0 Å². The molecule has 26 heavy (non-hydrogen) atoms. The van der Waals surface area contributed by atoms with Crippen LogP contribution in [0.5, 0.6) is 0 Å². The first kappa shape index (κ1) is 20.0. The van der Waals surface area contributed by atoms with Gasteiger partial charge in [-0.15, -0.1) is 0 Å². The van der Waals surface area contributed by atoms with Gasteiger partial charge in [-0.05, 0) is 0 Å². The van der Waals surface area contributed by atoms with Gasteiger partial charge in [0.2, 0.25) is 0 Å². The van der Waals surface area contributed by atoms with Crippen LogP contribution in [0, 0.1) is 0 Å². The third kappa shape index (κ3) is 3.77. The Kier molecular flexibility index (Phi) is 5.92. The summed E-state index contributed by atoms with van der Waals surface area (Å²) < 4.78 is -1.36. The minimum absolute atomic E-state index is 0.359. The summed E-state index contributed by atoms with van der Waals surface area (Å²) in [4.78, 5) is 0. The van der Waals surface area contributed by atoms with Gasteiger partial charge in [-0.3, -0.25) is 0 Å². The third-order valence-electron chi connectivity index (χ3n) is 4.70. The molecule has 0 aliphatic heterocycles. The Labute approximate surface area is 174 Å². The molecule has 0 saturated carbocycles. The molecule has 0 aliphatic rings. The van der Waals surface area contributed by atoms with Crippen LogP contribution in [0.1, 0.15) is 6.42 Å². The van der Waals surface area contributed by atoms with Crippen LogP contribution >= 0.6 is 52.0 Å². The van der Waals surface area contributed by atoms with E-state index in [9.17, 15) is 0 Å². The second-order valence-electron chi connectivity index (χ2n) is 6.28. The van der Waals surface area contributed by atoms with Gasteiger partial charge in [0, 0.05) is 0 Å². The molecule has 0 N–H and O–H groups in total. The fourth-order valence-electron chi connectivity index (χ4n) is 3.39. The van der Waals surface area contributed by atoms with Crippen molar-refractivity contribution in [1.82, 2.24) is 0 Å². The molecule has 3 rings (SSSR count). The number of hydrogen-bond acceptors (Lipinski definition) is 0. The molecular weight excluding hydrogens is 425 g/mol. The topological polar surface area (TPSA) is 0 Å². The molecule has 136 valence electrons. The van der Waals surface area contributed by atoms with E-state index in [4.69, 9.17) is 46.0 Å². The Morgan fingerprint density at radius 1 is 0.577 bits per heavy atom. The second-order valence-corrected chi connectivity index (χ2v) is 15.4. The fraction of sp³-hybridized carbons (Fsp3) is 0.143. The van der Waals surface area contributed by atoms with E-state index >= 15 is 0 Å². The molecule has 0 radical (unpaired) electrons. The number of benzene rings is 3. The van der Waals surface area contributed by atoms with Gasteiger partial charge in [-0.25, -0.2) is 0 Å². The summed E-state index contributed by atoms with van der Waals surface area (Å²) in [6.45, 7) is 0. The summed E-state index contributed by atoms with van der Waals surface area (Å²) in [5.74, 6) is -3.33. The summed E-state index contributed by atoms with van der Waals surface area (Å²) in [6.07, 6.45) is 0.916. The summed E-state index contributed by atoms with van der Waals surface area (Å²) >= 11 is 26.3. The van der Waals surface area contributed by atoms with Gasteiger partial charge in [-0.1, -0.05) is 0 Å². The zero-order chi connectivity index (χ0) is 18.7. The number of rotatable bonds is 5. The first-order valence-electron chi connectivity index (χ1n) is 8.31. The molecule has 0 bridgehead atoms. The maximum atomic E-state index is 7.83. The standard InChI is InChI=1S/C21H19Cl4P/c22-21(23,24)16-17-26(25,18-10-4-1-5-11-18,19-12-6-2-7-13-19)20-14-8-3-9-15-20/h1-15H,16-17H2. The van der Waals surface area contributed by atoms with E-state index in [1.165, 1.54) is 0 Å². The number of halogens is 4. The van der Waals surface area contributed by atoms with Crippen molar-refractivity contribution < 1.29 is 0 Å². The Morgan fingerprint density at radius 2 is 0.885 bits per heavy atom. The fourth-order valence-corrected chi connectivity index (χ4v) is 10.1. The van der Waals surface area contributed by atoms with Crippen molar-refractivity contribution >= 4 is 67.9 Å². The number of hydrogen-bond donors (Lipinski definition) is 0. The van der Waals surface area contributed by atoms with Gasteiger partial charge in [0.15, 0.2) is 0 Å². The van der Waals surface area contributed by atoms with Crippen LogP contribution in [-0.4, -0.2) is 9.95 Å². The molecule has 0 atom stereocenters. The zero-order valence-corrected chi connectivity index (χ0v) is 18.0. The van der Waals surface area contributed by atoms with Crippen LogP contribution in [0.4, 0.5) is 0 Å². The van der Waals surface area contributed by atoms with Crippen LogP contribution < -0.4 is 15.9 Å². The van der Waals surface area contributed by atoms with Crippen molar-refractivity contribution in [2.24, 2.45) is 0 Å². The molecule has 0 aromatic heterocycles. The van der Waals surface area contributed by atoms with Crippen molar-refractivity contribution in [3.8, 4) is 0 Å². The Hall–Kier alpha value is -0.750. The van der Waals surface area contributed by atoms with Crippen molar-refractivity contribution in [2.75, 3.05) is 6.16 Å². The Bertz CT molecular complexity index is 746. The van der Waals surface area contributed by atoms with Crippen LogP contribution in [0.3, 0.4) is 0 Å². The van der Waals surface area contributed by atoms with E-state index in [0.717, 1.165) is 15.9 Å². The summed E-state index contributed by atoms with van der Waals surface area (Å²) in [7, 11) is 0. The Morgan fingerprint density at radius 3 is 1.15 bits per heavy atom. The molecule has 0 fully saturated rings. The molecule has 3 aromatic rings. The SMILES string of the molecule is ClC(Cl)(Cl)CCP(Cl)(c1ccccc1)(c1ccccc1)c1ccccc1. The van der Waals surface area contributed by atoms with Crippen LogP contribution in [0.2, 0.25) is 0 Å². The van der Waals surface area contributed by atoms with E-state index in [0.29, 0.717) is 12.6 Å². The molecule has 3 aromatic carbocycles. The average Bonchev–Trinajstić information content (AvgIpc) is 2.68. The molecule has 0 nitrogen and oxygen atoms in total. The van der Waals surface area contributed by atoms with Crippen molar-refractivity contribution in [1.29, 1.82) is 0 Å². The third-order valence-corrected chi connectivity index (χ3v) is 12.7. The first-order chi connectivity index (χ1) is 12.3. The Balaban J connectivity index is 2.35. The first-order valence-corrected chi connectivity index (χ1v) is 12.8. The molecule has 5 heteroatoms. The maximum absolute atomic E-state index is 7.83. The second kappa shape index (κ2) is 7.70. The summed E-state index contributed by atoms with van der Waals surface area (Å²) in [5, 5.41) is 3.23. The van der Waals surface area contributed by atoms with E-state index in [2.05, 4.69) is 36.4 Å². The van der Waals surface area contributed by atoms with Crippen LogP contribution in [0.25, 0.3) is 0 Å². The van der Waals surface area contributed by atoms with Crippen LogP contribution in [0.15, 0.2) is 91.0 Å². The average molecular weight is 444 g/mol. The molecule has 0 spiro atoms. The van der Waals surface area contributed by atoms with Crippen LogP contribution in [-0.2, 0) is 0 Å². The van der Waals surface area contributed by atoms with E-state index in [1.54, 1.807) is 0 Å². The predicted molar refractivity (Wildman–Crippen MR) is 121 cm³/mol. The molecule has 0 unspecified atom stereocenters. The molecule has 0 saturated heterocycles. The molecule has 0 aliphatic carbocycles. The molecule has 0 amide bonds. The zero-order valence-electron chi connectivity index (χ0n) is 14.0. The molecular formula is C21H19Cl4P. The van der Waals surface area contributed by atoms with Gasteiger partial charge in [0.25, 0.3) is 0 Å². The van der Waals surface area contributed by atoms with Gasteiger partial charge < -0.3 is 0 Å². The van der Waals surface area contributed by atoms with E-state index < -0.39 is 9.75 Å². The monoisotopic (exact) mass is 442 g/mol. The minimum atomic E-state index is -3.33. The van der Waals surface area contributed by atoms with Gasteiger partial charge >= 0.3 is 175 Å². The van der Waals surface area contributed by atoms with Gasteiger partial charge in [0.05, 0.1) is 0 Å². The predicted octanol–water partition coefficient (Wildman–Crippen LogP) is 6.43. The van der Waals surface area contributed by atoms with Crippen molar-refractivity contribution in [3.63, 3.8) is 0 Å². The number of alkyl halides is 3.